The molecule has 7 nitrogen and oxygen atoms in total. The van der Waals surface area contributed by atoms with E-state index in [2.05, 4.69) is 141 Å². The molecule has 0 amide bonds. The zero-order chi connectivity index (χ0) is 39.5. The van der Waals surface area contributed by atoms with Crippen molar-refractivity contribution in [1.82, 2.24) is 13.7 Å². The van der Waals surface area contributed by atoms with Crippen LogP contribution in [-0.4, -0.2) is 13.7 Å². The smallest absolute Gasteiger partial charge is 0.196 e. The van der Waals surface area contributed by atoms with Gasteiger partial charge in [0.1, 0.15) is 44.4 Å². The van der Waals surface area contributed by atoms with Gasteiger partial charge < -0.3 is 31.4 Å². The normalized spacial score (nSPS) is 12.6. The number of fused-ring (bicyclic) bond motifs is 18. The summed E-state index contributed by atoms with van der Waals surface area (Å²) in [7, 11) is 0. The minimum Gasteiger partial charge on any atom is -0.450 e. The number of aromatic nitrogens is 3. The topological polar surface area (TPSA) is 67.3 Å². The number of rotatable bonds is 3. The Morgan fingerprint density at radius 1 is 0.262 bits per heavy atom. The van der Waals surface area contributed by atoms with Gasteiger partial charge in [0.2, 0.25) is 0 Å². The zero-order valence-corrected chi connectivity index (χ0v) is 32.2. The van der Waals surface area contributed by atoms with E-state index in [0.29, 0.717) is 0 Å². The molecular weight excluding hydrogens is 755 g/mol. The van der Waals surface area contributed by atoms with Gasteiger partial charge in [0, 0.05) is 49.4 Å². The summed E-state index contributed by atoms with van der Waals surface area (Å²) in [6, 6.07) is 61.9. The van der Waals surface area contributed by atoms with Crippen molar-refractivity contribution < 1.29 is 17.7 Å². The molecule has 0 aliphatic rings. The second-order valence-corrected chi connectivity index (χ2v) is 16.0. The van der Waals surface area contributed by atoms with Crippen LogP contribution in [0, 0.1) is 0 Å². The Morgan fingerprint density at radius 3 is 1.03 bits per heavy atom. The van der Waals surface area contributed by atoms with Crippen molar-refractivity contribution >= 4 is 121 Å². The molecule has 7 heteroatoms. The van der Waals surface area contributed by atoms with Crippen molar-refractivity contribution in [3.63, 3.8) is 0 Å². The molecule has 8 aromatic carbocycles. The van der Waals surface area contributed by atoms with Crippen molar-refractivity contribution in [2.75, 3.05) is 0 Å². The van der Waals surface area contributed by atoms with Gasteiger partial charge in [-0.05, 0) is 95.7 Å². The Hall–Kier alpha value is -8.42. The summed E-state index contributed by atoms with van der Waals surface area (Å²) in [6.45, 7) is 0. The molecule has 0 aliphatic heterocycles. The predicted octanol–water partition coefficient (Wildman–Crippen LogP) is 15.1. The van der Waals surface area contributed by atoms with E-state index in [-0.39, 0.29) is 0 Å². The molecule has 15 aromatic rings. The lowest BCUT2D eigenvalue weighted by Gasteiger charge is -2.12. The standard InChI is InChI=1S/C54H29N3O4/c1-2-12-31-27-32(22-21-30(31)11-1)55-41-28-33(56-47-37-13-3-7-17-43(37)58-51(47)52-48(56)38-14-4-8-18-44(38)59-52)23-25-35(41)36-26-24-34(29-42(36)55)57-49-39-15-5-9-19-45(39)60-53(49)54-50(57)40-16-6-10-20-46(40)61-54/h1-29H. The third-order valence-electron chi connectivity index (χ3n) is 12.8. The lowest BCUT2D eigenvalue weighted by atomic mass is 10.1. The van der Waals surface area contributed by atoms with Gasteiger partial charge in [-0.3, -0.25) is 0 Å². The lowest BCUT2D eigenvalue weighted by Crippen LogP contribution is -1.98. The summed E-state index contributed by atoms with van der Waals surface area (Å²) in [4.78, 5) is 0. The van der Waals surface area contributed by atoms with E-state index < -0.39 is 0 Å². The Labute approximate surface area is 344 Å². The van der Waals surface area contributed by atoms with Crippen LogP contribution in [0.15, 0.2) is 194 Å². The van der Waals surface area contributed by atoms with E-state index in [1.807, 2.05) is 48.5 Å². The molecule has 284 valence electrons. The minimum absolute atomic E-state index is 0.745. The fourth-order valence-electron chi connectivity index (χ4n) is 10.2. The fraction of sp³-hybridized carbons (Fsp3) is 0. The summed E-state index contributed by atoms with van der Waals surface area (Å²) in [6.07, 6.45) is 0. The minimum atomic E-state index is 0.745. The first kappa shape index (κ1) is 31.6. The van der Waals surface area contributed by atoms with Crippen LogP contribution in [0.3, 0.4) is 0 Å². The van der Waals surface area contributed by atoms with Crippen LogP contribution in [0.5, 0.6) is 0 Å². The summed E-state index contributed by atoms with van der Waals surface area (Å²) in [5, 5.41) is 8.82. The van der Waals surface area contributed by atoms with E-state index in [1.54, 1.807) is 0 Å². The van der Waals surface area contributed by atoms with Crippen molar-refractivity contribution in [2.24, 2.45) is 0 Å². The molecular formula is C54H29N3O4. The molecule has 15 rings (SSSR count). The highest BCUT2D eigenvalue weighted by Crippen LogP contribution is 2.46. The Bertz CT molecular complexity index is 3950. The molecule has 0 radical (unpaired) electrons. The van der Waals surface area contributed by atoms with Crippen molar-refractivity contribution in [2.45, 2.75) is 0 Å². The van der Waals surface area contributed by atoms with Gasteiger partial charge in [0.15, 0.2) is 22.3 Å². The average Bonchev–Trinajstić information content (AvgIpc) is 4.17. The first-order valence-corrected chi connectivity index (χ1v) is 20.5. The molecule has 7 aromatic heterocycles. The Kier molecular flexibility index (Phi) is 5.79. The summed E-state index contributed by atoms with van der Waals surface area (Å²) in [5.74, 6) is 0. The molecule has 7 heterocycles. The molecule has 0 N–H and O–H groups in total. The Balaban J connectivity index is 1.07. The molecule has 0 atom stereocenters. The van der Waals surface area contributed by atoms with Crippen LogP contribution in [0.1, 0.15) is 0 Å². The maximum atomic E-state index is 6.58. The summed E-state index contributed by atoms with van der Waals surface area (Å²) in [5.41, 5.74) is 15.5. The highest BCUT2D eigenvalue weighted by Gasteiger charge is 2.27. The third kappa shape index (κ3) is 4.02. The van der Waals surface area contributed by atoms with Gasteiger partial charge in [-0.15, -0.1) is 0 Å². The van der Waals surface area contributed by atoms with E-state index in [9.17, 15) is 0 Å². The highest BCUT2D eigenvalue weighted by atomic mass is 16.4. The molecule has 61 heavy (non-hydrogen) atoms. The molecule has 0 fully saturated rings. The van der Waals surface area contributed by atoms with E-state index in [4.69, 9.17) is 17.7 Å². The van der Waals surface area contributed by atoms with Crippen LogP contribution >= 0.6 is 0 Å². The van der Waals surface area contributed by atoms with Gasteiger partial charge in [-0.2, -0.15) is 0 Å². The van der Waals surface area contributed by atoms with Crippen LogP contribution in [0.4, 0.5) is 0 Å². The van der Waals surface area contributed by atoms with Gasteiger partial charge in [0.05, 0.1) is 11.0 Å². The molecule has 0 saturated carbocycles. The molecule has 0 bridgehead atoms. The van der Waals surface area contributed by atoms with E-state index in [1.165, 1.54) is 10.8 Å². The lowest BCUT2D eigenvalue weighted by molar-refractivity contribution is 0.634. The van der Waals surface area contributed by atoms with E-state index in [0.717, 1.165) is 127 Å². The first-order chi connectivity index (χ1) is 30.2. The first-order valence-electron chi connectivity index (χ1n) is 20.5. The summed E-state index contributed by atoms with van der Waals surface area (Å²) >= 11 is 0. The number of hydrogen-bond acceptors (Lipinski definition) is 4. The van der Waals surface area contributed by atoms with Crippen LogP contribution < -0.4 is 0 Å². The van der Waals surface area contributed by atoms with Crippen LogP contribution in [-0.2, 0) is 0 Å². The van der Waals surface area contributed by atoms with Gasteiger partial charge >= 0.3 is 0 Å². The number of nitrogens with zero attached hydrogens (tertiary/aromatic N) is 3. The van der Waals surface area contributed by atoms with Crippen LogP contribution in [0.2, 0.25) is 0 Å². The monoisotopic (exact) mass is 783 g/mol. The maximum Gasteiger partial charge on any atom is 0.196 e. The van der Waals surface area contributed by atoms with Gasteiger partial charge in [0.25, 0.3) is 0 Å². The van der Waals surface area contributed by atoms with E-state index >= 15 is 0 Å². The van der Waals surface area contributed by atoms with Gasteiger partial charge in [-0.1, -0.05) is 91.0 Å². The largest absolute Gasteiger partial charge is 0.450 e. The molecule has 0 unspecified atom stereocenters. The van der Waals surface area contributed by atoms with Crippen molar-refractivity contribution in [3.8, 4) is 17.1 Å². The third-order valence-corrected chi connectivity index (χ3v) is 12.8. The fourth-order valence-corrected chi connectivity index (χ4v) is 10.2. The quantitative estimate of drug-likeness (QED) is 0.179. The number of hydrogen-bond donors (Lipinski definition) is 0. The molecule has 0 saturated heterocycles. The average molecular weight is 784 g/mol. The molecule has 0 aliphatic carbocycles. The zero-order valence-electron chi connectivity index (χ0n) is 32.2. The van der Waals surface area contributed by atoms with Crippen LogP contribution in [0.25, 0.3) is 138 Å². The van der Waals surface area contributed by atoms with Crippen molar-refractivity contribution in [1.29, 1.82) is 0 Å². The van der Waals surface area contributed by atoms with Crippen molar-refractivity contribution in [3.05, 3.63) is 176 Å². The highest BCUT2D eigenvalue weighted by molar-refractivity contribution is 6.22. The van der Waals surface area contributed by atoms with Gasteiger partial charge in [-0.25, -0.2) is 0 Å². The Morgan fingerprint density at radius 2 is 0.607 bits per heavy atom. The summed E-state index contributed by atoms with van der Waals surface area (Å²) < 4.78 is 33.4. The molecule has 0 spiro atoms. The second-order valence-electron chi connectivity index (χ2n) is 16.0. The number of benzene rings is 8. The number of furan rings is 4. The second kappa shape index (κ2) is 11.2. The predicted molar refractivity (Wildman–Crippen MR) is 246 cm³/mol. The maximum absolute atomic E-state index is 6.58. The number of para-hydroxylation sites is 4. The SMILES string of the molecule is c1ccc2cc(-n3c4cc(-n5c6c7ccccc7oc6c6oc7ccccc7c65)ccc4c4ccc(-n5c6c7ccccc7oc6c6oc7ccccc7c65)cc43)ccc2c1.